The summed E-state index contributed by atoms with van der Waals surface area (Å²) in [6, 6.07) is 8.31. The van der Waals surface area contributed by atoms with E-state index >= 15 is 0 Å². The second-order valence-electron chi connectivity index (χ2n) is 3.76. The number of aliphatic imine (C=N–C) groups is 1. The van der Waals surface area contributed by atoms with Crippen LogP contribution >= 0.6 is 0 Å². The van der Waals surface area contributed by atoms with Gasteiger partial charge in [0.2, 0.25) is 12.0 Å². The average Bonchev–Trinajstić information content (AvgIpc) is 2.48. The molecule has 0 unspecified atom stereocenters. The number of rotatable bonds is 5. The Morgan fingerprint density at radius 2 is 1.86 bits per heavy atom. The lowest BCUT2D eigenvalue weighted by molar-refractivity contribution is 0.392. The molecule has 1 aromatic heterocycles. The van der Waals surface area contributed by atoms with Gasteiger partial charge in [0.15, 0.2) is 5.82 Å². The fraction of sp³-hybridized carbons (Fsp3) is 0.0833. The Balaban J connectivity index is 2.22. The van der Waals surface area contributed by atoms with Gasteiger partial charge in [-0.1, -0.05) is 0 Å². The minimum atomic E-state index is -3.80. The van der Waals surface area contributed by atoms with Gasteiger partial charge in [-0.3, -0.25) is 4.72 Å². The summed E-state index contributed by atoms with van der Waals surface area (Å²) in [5, 5.41) is 7.33. The van der Waals surface area contributed by atoms with Crippen LogP contribution in [0.2, 0.25) is 0 Å². The third kappa shape index (κ3) is 3.62. The number of hydrogen-bond acceptors (Lipinski definition) is 7. The van der Waals surface area contributed by atoms with Crippen LogP contribution in [0.1, 0.15) is 0 Å². The van der Waals surface area contributed by atoms with Crippen molar-refractivity contribution in [3.8, 4) is 5.88 Å². The summed E-state index contributed by atoms with van der Waals surface area (Å²) in [5.41, 5.74) is 0.313. The van der Waals surface area contributed by atoms with Crippen LogP contribution in [0.4, 0.5) is 11.5 Å². The monoisotopic (exact) mass is 306 g/mol. The Hall–Kier alpha value is -2.77. The number of anilines is 1. The molecular weight excluding hydrogens is 296 g/mol. The van der Waals surface area contributed by atoms with E-state index in [1.165, 1.54) is 49.6 Å². The zero-order chi connectivity index (χ0) is 15.3. The van der Waals surface area contributed by atoms with Gasteiger partial charge in [0, 0.05) is 6.07 Å². The number of methoxy groups -OCH3 is 1. The van der Waals surface area contributed by atoms with E-state index in [2.05, 4.69) is 19.9 Å². The van der Waals surface area contributed by atoms with Crippen molar-refractivity contribution in [1.82, 2.24) is 10.2 Å². The lowest BCUT2D eigenvalue weighted by atomic mass is 10.3. The molecule has 0 spiro atoms. The molecule has 1 heterocycles. The van der Waals surface area contributed by atoms with Crippen LogP contribution in [0.25, 0.3) is 0 Å². The Bertz CT molecular complexity index is 766. The summed E-state index contributed by atoms with van der Waals surface area (Å²) in [6.45, 7) is 0. The summed E-state index contributed by atoms with van der Waals surface area (Å²) in [5.74, 6) is 0.333. The largest absolute Gasteiger partial charge is 0.480 e. The fourth-order valence-electron chi connectivity index (χ4n) is 1.43. The maximum atomic E-state index is 12.1. The number of isocyanates is 1. The predicted octanol–water partition coefficient (Wildman–Crippen LogP) is 1.25. The number of benzene rings is 1. The SMILES string of the molecule is COc1ccc(NS(=O)(=O)c2ccc(N=C=O)cc2)nn1. The van der Waals surface area contributed by atoms with E-state index < -0.39 is 10.0 Å². The summed E-state index contributed by atoms with van der Waals surface area (Å²) >= 11 is 0. The number of sulfonamides is 1. The van der Waals surface area contributed by atoms with Crippen molar-refractivity contribution in [1.29, 1.82) is 0 Å². The highest BCUT2D eigenvalue weighted by molar-refractivity contribution is 7.92. The van der Waals surface area contributed by atoms with Crippen LogP contribution < -0.4 is 9.46 Å². The Kier molecular flexibility index (Phi) is 4.27. The molecular formula is C12H10N4O4S. The Labute approximate surface area is 120 Å². The summed E-state index contributed by atoms with van der Waals surface area (Å²) in [7, 11) is -2.37. The maximum absolute atomic E-state index is 12.1. The van der Waals surface area contributed by atoms with Crippen LogP contribution in [0.5, 0.6) is 5.88 Å². The highest BCUT2D eigenvalue weighted by Gasteiger charge is 2.15. The molecule has 0 atom stereocenters. The van der Waals surface area contributed by atoms with Crippen LogP contribution in [0, 0.1) is 0 Å². The molecule has 0 saturated heterocycles. The quantitative estimate of drug-likeness (QED) is 0.657. The molecule has 0 saturated carbocycles. The van der Waals surface area contributed by atoms with Crippen molar-refractivity contribution in [3.05, 3.63) is 36.4 Å². The molecule has 21 heavy (non-hydrogen) atoms. The first-order chi connectivity index (χ1) is 10.0. The lowest BCUT2D eigenvalue weighted by Crippen LogP contribution is -2.14. The molecule has 0 radical (unpaired) electrons. The second-order valence-corrected chi connectivity index (χ2v) is 5.45. The minimum Gasteiger partial charge on any atom is -0.480 e. The van der Waals surface area contributed by atoms with Crippen LogP contribution in [0.3, 0.4) is 0 Å². The van der Waals surface area contributed by atoms with Crippen molar-refractivity contribution in [2.24, 2.45) is 4.99 Å². The summed E-state index contributed by atoms with van der Waals surface area (Å²) in [6.07, 6.45) is 1.37. The van der Waals surface area contributed by atoms with Crippen molar-refractivity contribution >= 4 is 27.6 Å². The fourth-order valence-corrected chi connectivity index (χ4v) is 2.43. The normalized spacial score (nSPS) is 10.5. The zero-order valence-corrected chi connectivity index (χ0v) is 11.7. The molecule has 0 fully saturated rings. The smallest absolute Gasteiger partial charge is 0.263 e. The molecule has 108 valence electrons. The van der Waals surface area contributed by atoms with Crippen LogP contribution in [0.15, 0.2) is 46.3 Å². The van der Waals surface area contributed by atoms with Gasteiger partial charge in [0.05, 0.1) is 17.7 Å². The molecule has 0 aliphatic rings. The van der Waals surface area contributed by atoms with E-state index in [0.717, 1.165) is 0 Å². The van der Waals surface area contributed by atoms with E-state index in [9.17, 15) is 13.2 Å². The van der Waals surface area contributed by atoms with Gasteiger partial charge in [0.1, 0.15) is 0 Å². The van der Waals surface area contributed by atoms with E-state index in [1.54, 1.807) is 0 Å². The van der Waals surface area contributed by atoms with Gasteiger partial charge in [-0.25, -0.2) is 13.2 Å². The third-order valence-corrected chi connectivity index (χ3v) is 3.78. The third-order valence-electron chi connectivity index (χ3n) is 2.41. The van der Waals surface area contributed by atoms with Crippen molar-refractivity contribution in [2.75, 3.05) is 11.8 Å². The first-order valence-electron chi connectivity index (χ1n) is 5.63. The predicted molar refractivity (Wildman–Crippen MR) is 73.6 cm³/mol. The molecule has 1 N–H and O–H groups in total. The number of nitrogens with one attached hydrogen (secondary N) is 1. The standard InChI is InChI=1S/C12H10N4O4S/c1-20-12-7-6-11(14-15-12)16-21(18,19)10-4-2-9(3-5-10)13-8-17/h2-7H,1H3,(H,14,16). The molecule has 1 aromatic carbocycles. The molecule has 0 amide bonds. The Morgan fingerprint density at radius 3 is 2.38 bits per heavy atom. The van der Waals surface area contributed by atoms with Gasteiger partial charge < -0.3 is 4.74 Å². The topological polar surface area (TPSA) is 111 Å². The average molecular weight is 306 g/mol. The highest BCUT2D eigenvalue weighted by atomic mass is 32.2. The first kappa shape index (κ1) is 14.6. The van der Waals surface area contributed by atoms with E-state index in [0.29, 0.717) is 5.69 Å². The second kappa shape index (κ2) is 6.12. The van der Waals surface area contributed by atoms with Gasteiger partial charge in [-0.2, -0.15) is 4.99 Å². The van der Waals surface area contributed by atoms with E-state index in [4.69, 9.17) is 4.74 Å². The first-order valence-corrected chi connectivity index (χ1v) is 7.12. The van der Waals surface area contributed by atoms with Crippen molar-refractivity contribution < 1.29 is 17.9 Å². The highest BCUT2D eigenvalue weighted by Crippen LogP contribution is 2.18. The number of aromatic nitrogens is 2. The molecule has 0 bridgehead atoms. The van der Waals surface area contributed by atoms with Gasteiger partial charge >= 0.3 is 0 Å². The zero-order valence-electron chi connectivity index (χ0n) is 10.8. The number of ether oxygens (including phenoxy) is 1. The van der Waals surface area contributed by atoms with E-state index in [1.807, 2.05) is 0 Å². The number of nitrogens with zero attached hydrogens (tertiary/aromatic N) is 3. The van der Waals surface area contributed by atoms with Gasteiger partial charge in [0.25, 0.3) is 10.0 Å². The molecule has 0 aliphatic carbocycles. The van der Waals surface area contributed by atoms with Crippen molar-refractivity contribution in [3.63, 3.8) is 0 Å². The number of carbonyl (C=O) groups excluding carboxylic acids is 1. The van der Waals surface area contributed by atoms with E-state index in [-0.39, 0.29) is 16.6 Å². The van der Waals surface area contributed by atoms with Crippen LogP contribution in [-0.2, 0) is 14.8 Å². The summed E-state index contributed by atoms with van der Waals surface area (Å²) < 4.78 is 31.3. The maximum Gasteiger partial charge on any atom is 0.263 e. The minimum absolute atomic E-state index is 0.00460. The molecule has 2 rings (SSSR count). The molecule has 9 heteroatoms. The number of hydrogen-bond donors (Lipinski definition) is 1. The van der Waals surface area contributed by atoms with Gasteiger partial charge in [-0.15, -0.1) is 10.2 Å². The Morgan fingerprint density at radius 1 is 1.14 bits per heavy atom. The van der Waals surface area contributed by atoms with Gasteiger partial charge in [-0.05, 0) is 30.3 Å². The van der Waals surface area contributed by atoms with Crippen molar-refractivity contribution in [2.45, 2.75) is 4.90 Å². The van der Waals surface area contributed by atoms with Crippen LogP contribution in [-0.4, -0.2) is 31.8 Å². The summed E-state index contributed by atoms with van der Waals surface area (Å²) in [4.78, 5) is 13.5. The molecule has 8 nitrogen and oxygen atoms in total. The molecule has 2 aromatic rings. The lowest BCUT2D eigenvalue weighted by Gasteiger charge is -2.07. The molecule has 0 aliphatic heterocycles.